The summed E-state index contributed by atoms with van der Waals surface area (Å²) in [5, 5.41) is 8.71. The van der Waals surface area contributed by atoms with E-state index in [9.17, 15) is 14.4 Å². The Balaban J connectivity index is 2.70. The molecule has 108 valence electrons. The lowest BCUT2D eigenvalue weighted by atomic mass is 10.4. The van der Waals surface area contributed by atoms with Crippen LogP contribution >= 0.6 is 0 Å². The van der Waals surface area contributed by atoms with Crippen molar-refractivity contribution in [2.45, 2.75) is 0 Å². The van der Waals surface area contributed by atoms with Crippen molar-refractivity contribution in [1.82, 2.24) is 14.9 Å². The quantitative estimate of drug-likeness (QED) is 0.610. The summed E-state index contributed by atoms with van der Waals surface area (Å²) in [4.78, 5) is 43.7. The number of primary amides is 1. The summed E-state index contributed by atoms with van der Waals surface area (Å²) < 4.78 is 0. The molecule has 0 aliphatic heterocycles. The van der Waals surface area contributed by atoms with E-state index in [0.717, 1.165) is 4.90 Å². The normalized spacial score (nSPS) is 9.85. The first-order chi connectivity index (χ1) is 9.40. The van der Waals surface area contributed by atoms with Crippen LogP contribution in [-0.2, 0) is 14.4 Å². The number of carbonyl (C=O) groups excluding carboxylic acids is 2. The summed E-state index contributed by atoms with van der Waals surface area (Å²) >= 11 is 0. The molecule has 0 aromatic carbocycles. The Bertz CT molecular complexity index is 477. The van der Waals surface area contributed by atoms with Gasteiger partial charge >= 0.3 is 5.97 Å². The molecule has 0 spiro atoms. The van der Waals surface area contributed by atoms with Gasteiger partial charge in [-0.2, -0.15) is 0 Å². The van der Waals surface area contributed by atoms with Gasteiger partial charge in [0.2, 0.25) is 17.8 Å². The highest BCUT2D eigenvalue weighted by molar-refractivity contribution is 5.88. The third-order valence-electron chi connectivity index (χ3n) is 2.29. The van der Waals surface area contributed by atoms with Crippen LogP contribution in [-0.4, -0.2) is 64.4 Å². The highest BCUT2D eigenvalue weighted by Gasteiger charge is 2.20. The smallest absolute Gasteiger partial charge is 0.323 e. The van der Waals surface area contributed by atoms with Crippen LogP contribution in [0.15, 0.2) is 18.5 Å². The number of carboxylic acids is 1. The van der Waals surface area contributed by atoms with Gasteiger partial charge in [-0.25, -0.2) is 9.97 Å². The van der Waals surface area contributed by atoms with Crippen molar-refractivity contribution >= 4 is 23.7 Å². The molecule has 0 unspecified atom stereocenters. The number of aromatic nitrogens is 2. The first-order valence-corrected chi connectivity index (χ1v) is 5.66. The number of anilines is 1. The number of carbonyl (C=O) groups is 3. The molecule has 0 saturated carbocycles. The monoisotopic (exact) mass is 281 g/mol. The minimum Gasteiger partial charge on any atom is -0.480 e. The van der Waals surface area contributed by atoms with Gasteiger partial charge in [-0.15, -0.1) is 0 Å². The van der Waals surface area contributed by atoms with Crippen molar-refractivity contribution in [1.29, 1.82) is 0 Å². The largest absolute Gasteiger partial charge is 0.480 e. The van der Waals surface area contributed by atoms with Crippen molar-refractivity contribution in [3.8, 4) is 0 Å². The highest BCUT2D eigenvalue weighted by Crippen LogP contribution is 2.02. The molecule has 9 heteroatoms. The van der Waals surface area contributed by atoms with E-state index in [1.807, 2.05) is 0 Å². The standard InChI is InChI=1S/C11H15N5O4/c1-15(11-13-3-2-4-14-11)6-9(18)16(5-8(12)17)7-10(19)20/h2-4H,5-7H2,1H3,(H2,12,17)(H,19,20). The summed E-state index contributed by atoms with van der Waals surface area (Å²) in [7, 11) is 1.58. The zero-order chi connectivity index (χ0) is 15.1. The molecule has 0 bridgehead atoms. The molecule has 2 amide bonds. The number of hydrogen-bond acceptors (Lipinski definition) is 6. The Morgan fingerprint density at radius 2 is 1.80 bits per heavy atom. The maximum absolute atomic E-state index is 12.0. The van der Waals surface area contributed by atoms with Crippen molar-refractivity contribution in [3.63, 3.8) is 0 Å². The molecule has 1 aromatic heterocycles. The molecular weight excluding hydrogens is 266 g/mol. The molecule has 1 heterocycles. The fourth-order valence-electron chi connectivity index (χ4n) is 1.45. The molecular formula is C11H15N5O4. The number of amides is 2. The van der Waals surface area contributed by atoms with E-state index in [0.29, 0.717) is 5.95 Å². The molecule has 1 aromatic rings. The van der Waals surface area contributed by atoms with E-state index in [2.05, 4.69) is 9.97 Å². The molecule has 0 saturated heterocycles. The van der Waals surface area contributed by atoms with Gasteiger partial charge in [0.1, 0.15) is 6.54 Å². The van der Waals surface area contributed by atoms with Crippen molar-refractivity contribution in [2.24, 2.45) is 5.73 Å². The van der Waals surface area contributed by atoms with Crippen LogP contribution < -0.4 is 10.6 Å². The van der Waals surface area contributed by atoms with Crippen LogP contribution in [0, 0.1) is 0 Å². The second-order valence-corrected chi connectivity index (χ2v) is 4.01. The highest BCUT2D eigenvalue weighted by atomic mass is 16.4. The molecule has 0 radical (unpaired) electrons. The molecule has 3 N–H and O–H groups in total. The Hall–Kier alpha value is -2.71. The van der Waals surface area contributed by atoms with Crippen LogP contribution in [0.4, 0.5) is 5.95 Å². The second kappa shape index (κ2) is 7.02. The van der Waals surface area contributed by atoms with Crippen LogP contribution in [0.5, 0.6) is 0 Å². The fourth-order valence-corrected chi connectivity index (χ4v) is 1.45. The summed E-state index contributed by atoms with van der Waals surface area (Å²) in [5.74, 6) is -2.24. The molecule has 20 heavy (non-hydrogen) atoms. The maximum Gasteiger partial charge on any atom is 0.323 e. The van der Waals surface area contributed by atoms with Gasteiger partial charge < -0.3 is 20.6 Å². The van der Waals surface area contributed by atoms with Crippen molar-refractivity contribution < 1.29 is 19.5 Å². The van der Waals surface area contributed by atoms with Gasteiger partial charge in [-0.1, -0.05) is 0 Å². The number of hydrogen-bond donors (Lipinski definition) is 2. The fraction of sp³-hybridized carbons (Fsp3) is 0.364. The Morgan fingerprint density at radius 3 is 2.30 bits per heavy atom. The number of nitrogens with zero attached hydrogens (tertiary/aromatic N) is 4. The predicted octanol–water partition coefficient (Wildman–Crippen LogP) is -1.69. The lowest BCUT2D eigenvalue weighted by Crippen LogP contribution is -2.45. The summed E-state index contributed by atoms with van der Waals surface area (Å²) in [6.07, 6.45) is 3.03. The lowest BCUT2D eigenvalue weighted by molar-refractivity contribution is -0.145. The van der Waals surface area contributed by atoms with Gasteiger partial charge in [0.05, 0.1) is 13.1 Å². The third kappa shape index (κ3) is 4.88. The van der Waals surface area contributed by atoms with E-state index >= 15 is 0 Å². The summed E-state index contributed by atoms with van der Waals surface area (Å²) in [5.41, 5.74) is 4.98. The maximum atomic E-state index is 12.0. The van der Waals surface area contributed by atoms with Gasteiger partial charge in [-0.05, 0) is 6.07 Å². The SMILES string of the molecule is CN(CC(=O)N(CC(N)=O)CC(=O)O)c1ncccn1. The zero-order valence-corrected chi connectivity index (χ0v) is 10.9. The zero-order valence-electron chi connectivity index (χ0n) is 10.9. The van der Waals surface area contributed by atoms with Gasteiger partial charge in [-0.3, -0.25) is 14.4 Å². The van der Waals surface area contributed by atoms with Crippen LogP contribution in [0.3, 0.4) is 0 Å². The molecule has 0 fully saturated rings. The summed E-state index contributed by atoms with van der Waals surface area (Å²) in [6.45, 7) is -1.20. The number of rotatable bonds is 7. The Labute approximate surface area is 115 Å². The third-order valence-corrected chi connectivity index (χ3v) is 2.29. The lowest BCUT2D eigenvalue weighted by Gasteiger charge is -2.22. The van der Waals surface area contributed by atoms with Crippen molar-refractivity contribution in [3.05, 3.63) is 18.5 Å². The second-order valence-electron chi connectivity index (χ2n) is 4.01. The van der Waals surface area contributed by atoms with E-state index in [-0.39, 0.29) is 6.54 Å². The first kappa shape index (κ1) is 15.3. The van der Waals surface area contributed by atoms with Crippen molar-refractivity contribution in [2.75, 3.05) is 31.6 Å². The summed E-state index contributed by atoms with van der Waals surface area (Å²) in [6, 6.07) is 1.63. The predicted molar refractivity (Wildman–Crippen MR) is 68.7 cm³/mol. The van der Waals surface area contributed by atoms with Gasteiger partial charge in [0, 0.05) is 19.4 Å². The average molecular weight is 281 g/mol. The molecule has 0 aliphatic carbocycles. The van der Waals surface area contributed by atoms with Crippen LogP contribution in [0.2, 0.25) is 0 Å². The number of likely N-dealkylation sites (N-methyl/N-ethyl adjacent to an activating group) is 1. The molecule has 9 nitrogen and oxygen atoms in total. The van der Waals surface area contributed by atoms with E-state index in [1.54, 1.807) is 13.1 Å². The molecule has 0 atom stereocenters. The Kier molecular flexibility index (Phi) is 5.39. The van der Waals surface area contributed by atoms with Crippen LogP contribution in [0.25, 0.3) is 0 Å². The Morgan fingerprint density at radius 1 is 1.20 bits per heavy atom. The van der Waals surface area contributed by atoms with Gasteiger partial charge in [0.25, 0.3) is 0 Å². The number of carboxylic acid groups (broad SMARTS) is 1. The topological polar surface area (TPSA) is 130 Å². The first-order valence-electron chi connectivity index (χ1n) is 5.66. The molecule has 0 aliphatic rings. The van der Waals surface area contributed by atoms with Crippen LogP contribution in [0.1, 0.15) is 0 Å². The van der Waals surface area contributed by atoms with E-state index in [4.69, 9.17) is 10.8 Å². The van der Waals surface area contributed by atoms with E-state index < -0.39 is 30.9 Å². The minimum absolute atomic E-state index is 0.162. The van der Waals surface area contributed by atoms with E-state index in [1.165, 1.54) is 17.3 Å². The molecule has 1 rings (SSSR count). The number of aliphatic carboxylic acids is 1. The minimum atomic E-state index is -1.22. The average Bonchev–Trinajstić information content (AvgIpc) is 2.37. The number of nitrogens with two attached hydrogens (primary N) is 1. The van der Waals surface area contributed by atoms with Gasteiger partial charge in [0.15, 0.2) is 0 Å².